The largest absolute Gasteiger partial charge is 0.385 e. The standard InChI is InChI=1S/C18H24N4O3/c1-25-13-7-9-19-17(23)15-14-8-3-6-12-22(14)16(20-15)18(24)21-10-4-2-5-11-21/h3,6,8,12H,2,4-5,7,9-11,13H2,1H3,(H,19,23). The number of aromatic nitrogens is 2. The average molecular weight is 344 g/mol. The maximum atomic E-state index is 12.8. The number of imidazole rings is 1. The molecule has 0 saturated carbocycles. The van der Waals surface area contributed by atoms with E-state index in [0.29, 0.717) is 30.2 Å². The zero-order valence-electron chi connectivity index (χ0n) is 14.5. The van der Waals surface area contributed by atoms with Gasteiger partial charge in [0.05, 0.1) is 5.52 Å². The number of nitrogens with one attached hydrogen (secondary N) is 1. The van der Waals surface area contributed by atoms with Gasteiger partial charge in [0.15, 0.2) is 5.69 Å². The Morgan fingerprint density at radius 2 is 2.04 bits per heavy atom. The van der Waals surface area contributed by atoms with E-state index in [0.717, 1.165) is 38.8 Å². The van der Waals surface area contributed by atoms with Crippen molar-refractivity contribution in [3.8, 4) is 0 Å². The molecule has 7 nitrogen and oxygen atoms in total. The highest BCUT2D eigenvalue weighted by molar-refractivity contribution is 6.02. The van der Waals surface area contributed by atoms with Gasteiger partial charge in [-0.1, -0.05) is 6.07 Å². The maximum absolute atomic E-state index is 12.8. The summed E-state index contributed by atoms with van der Waals surface area (Å²) in [4.78, 5) is 31.5. The van der Waals surface area contributed by atoms with Gasteiger partial charge in [0.25, 0.3) is 11.8 Å². The zero-order valence-corrected chi connectivity index (χ0v) is 14.5. The van der Waals surface area contributed by atoms with E-state index >= 15 is 0 Å². The first-order chi connectivity index (χ1) is 12.2. The SMILES string of the molecule is COCCCNC(=O)c1nc(C(=O)N2CCCCC2)n2ccccc12. The first-order valence-corrected chi connectivity index (χ1v) is 8.76. The number of nitrogens with zero attached hydrogens (tertiary/aromatic N) is 3. The highest BCUT2D eigenvalue weighted by Crippen LogP contribution is 2.17. The van der Waals surface area contributed by atoms with Crippen LogP contribution in [0, 0.1) is 0 Å². The van der Waals surface area contributed by atoms with Gasteiger partial charge in [-0.05, 0) is 37.8 Å². The van der Waals surface area contributed by atoms with Crippen molar-refractivity contribution in [3.05, 3.63) is 35.9 Å². The molecule has 0 aromatic carbocycles. The molecule has 2 amide bonds. The Hall–Kier alpha value is -2.41. The van der Waals surface area contributed by atoms with Crippen LogP contribution in [0.4, 0.5) is 0 Å². The van der Waals surface area contributed by atoms with E-state index in [9.17, 15) is 9.59 Å². The molecule has 0 spiro atoms. The number of pyridine rings is 1. The molecule has 1 saturated heterocycles. The summed E-state index contributed by atoms with van der Waals surface area (Å²) in [5.74, 6) is -0.0728. The average Bonchev–Trinajstić information content (AvgIpc) is 3.05. The van der Waals surface area contributed by atoms with Crippen molar-refractivity contribution < 1.29 is 14.3 Å². The van der Waals surface area contributed by atoms with Gasteiger partial charge in [-0.2, -0.15) is 0 Å². The van der Waals surface area contributed by atoms with E-state index in [-0.39, 0.29) is 11.8 Å². The third-order valence-electron chi connectivity index (χ3n) is 4.41. The molecular formula is C18H24N4O3. The fourth-order valence-corrected chi connectivity index (χ4v) is 3.10. The quantitative estimate of drug-likeness (QED) is 0.810. The van der Waals surface area contributed by atoms with E-state index in [2.05, 4.69) is 10.3 Å². The normalized spacial score (nSPS) is 14.7. The van der Waals surface area contributed by atoms with Gasteiger partial charge >= 0.3 is 0 Å². The Kier molecular flexibility index (Phi) is 5.65. The molecule has 1 aliphatic rings. The number of hydrogen-bond acceptors (Lipinski definition) is 4. The van der Waals surface area contributed by atoms with E-state index < -0.39 is 0 Å². The predicted molar refractivity (Wildman–Crippen MR) is 93.8 cm³/mol. The smallest absolute Gasteiger partial charge is 0.290 e. The van der Waals surface area contributed by atoms with Gasteiger partial charge in [-0.3, -0.25) is 14.0 Å². The molecule has 7 heteroatoms. The summed E-state index contributed by atoms with van der Waals surface area (Å²) < 4.78 is 6.69. The summed E-state index contributed by atoms with van der Waals surface area (Å²) in [5, 5.41) is 2.84. The lowest BCUT2D eigenvalue weighted by molar-refractivity contribution is 0.0711. The fraction of sp³-hybridized carbons (Fsp3) is 0.500. The van der Waals surface area contributed by atoms with Crippen LogP contribution in [0.15, 0.2) is 24.4 Å². The Balaban J connectivity index is 1.84. The number of carbonyl (C=O) groups excluding carboxylic acids is 2. The van der Waals surface area contributed by atoms with Crippen LogP contribution in [-0.4, -0.2) is 59.4 Å². The summed E-state index contributed by atoms with van der Waals surface area (Å²) in [6.45, 7) is 2.59. The molecule has 2 aromatic rings. The van der Waals surface area contributed by atoms with Crippen LogP contribution in [0.2, 0.25) is 0 Å². The Labute approximate surface area is 147 Å². The number of piperidine rings is 1. The lowest BCUT2D eigenvalue weighted by atomic mass is 10.1. The molecule has 2 aromatic heterocycles. The molecule has 134 valence electrons. The second kappa shape index (κ2) is 8.11. The van der Waals surface area contributed by atoms with Gasteiger partial charge in [0.2, 0.25) is 5.82 Å². The van der Waals surface area contributed by atoms with Crippen molar-refractivity contribution >= 4 is 17.3 Å². The van der Waals surface area contributed by atoms with Gasteiger partial charge in [0.1, 0.15) is 0 Å². The highest BCUT2D eigenvalue weighted by Gasteiger charge is 2.25. The minimum atomic E-state index is -0.266. The number of rotatable bonds is 6. The number of fused-ring (bicyclic) bond motifs is 1. The summed E-state index contributed by atoms with van der Waals surface area (Å²) in [7, 11) is 1.63. The van der Waals surface area contributed by atoms with Gasteiger partial charge in [-0.15, -0.1) is 0 Å². The third kappa shape index (κ3) is 3.82. The van der Waals surface area contributed by atoms with Gasteiger partial charge in [0, 0.05) is 39.5 Å². The molecule has 0 aliphatic carbocycles. The number of ether oxygens (including phenoxy) is 1. The van der Waals surface area contributed by atoms with Crippen LogP contribution in [-0.2, 0) is 4.74 Å². The first kappa shape index (κ1) is 17.4. The third-order valence-corrected chi connectivity index (χ3v) is 4.41. The van der Waals surface area contributed by atoms with Gasteiger partial charge < -0.3 is 15.0 Å². The number of amides is 2. The van der Waals surface area contributed by atoms with Crippen LogP contribution in [0.1, 0.15) is 46.8 Å². The van der Waals surface area contributed by atoms with Crippen molar-refractivity contribution in [1.82, 2.24) is 19.6 Å². The maximum Gasteiger partial charge on any atom is 0.290 e. The molecule has 3 heterocycles. The number of likely N-dealkylation sites (tertiary alicyclic amines) is 1. The van der Waals surface area contributed by atoms with Crippen LogP contribution in [0.25, 0.3) is 5.52 Å². The Morgan fingerprint density at radius 1 is 1.24 bits per heavy atom. The van der Waals surface area contributed by atoms with Gasteiger partial charge in [-0.25, -0.2) is 4.98 Å². The van der Waals surface area contributed by atoms with Crippen LogP contribution < -0.4 is 5.32 Å². The number of carbonyl (C=O) groups is 2. The second-order valence-electron chi connectivity index (χ2n) is 6.20. The minimum absolute atomic E-state index is 0.112. The molecule has 1 fully saturated rings. The highest BCUT2D eigenvalue weighted by atomic mass is 16.5. The zero-order chi connectivity index (χ0) is 17.6. The van der Waals surface area contributed by atoms with E-state index in [4.69, 9.17) is 4.74 Å². The summed E-state index contributed by atoms with van der Waals surface area (Å²) >= 11 is 0. The monoisotopic (exact) mass is 344 g/mol. The van der Waals surface area contributed by atoms with Crippen molar-refractivity contribution in [2.45, 2.75) is 25.7 Å². The number of hydrogen-bond donors (Lipinski definition) is 1. The van der Waals surface area contributed by atoms with Crippen molar-refractivity contribution in [2.75, 3.05) is 33.4 Å². The second-order valence-corrected chi connectivity index (χ2v) is 6.20. The topological polar surface area (TPSA) is 75.9 Å². The molecule has 1 N–H and O–H groups in total. The number of methoxy groups -OCH3 is 1. The summed E-state index contributed by atoms with van der Waals surface area (Å²) in [5.41, 5.74) is 0.936. The molecule has 0 radical (unpaired) electrons. The molecular weight excluding hydrogens is 320 g/mol. The lowest BCUT2D eigenvalue weighted by Gasteiger charge is -2.25. The molecule has 0 unspecified atom stereocenters. The fourth-order valence-electron chi connectivity index (χ4n) is 3.10. The molecule has 3 rings (SSSR count). The van der Waals surface area contributed by atoms with Crippen LogP contribution >= 0.6 is 0 Å². The van der Waals surface area contributed by atoms with Crippen molar-refractivity contribution in [3.63, 3.8) is 0 Å². The molecule has 1 aliphatic heterocycles. The first-order valence-electron chi connectivity index (χ1n) is 8.76. The lowest BCUT2D eigenvalue weighted by Crippen LogP contribution is -2.36. The summed E-state index contributed by atoms with van der Waals surface area (Å²) in [6, 6.07) is 5.49. The van der Waals surface area contributed by atoms with Crippen molar-refractivity contribution in [2.24, 2.45) is 0 Å². The molecule has 0 bridgehead atoms. The Bertz CT molecular complexity index is 750. The van der Waals surface area contributed by atoms with Crippen LogP contribution in [0.3, 0.4) is 0 Å². The van der Waals surface area contributed by atoms with E-state index in [1.54, 1.807) is 17.7 Å². The predicted octanol–water partition coefficient (Wildman–Crippen LogP) is 1.73. The summed E-state index contributed by atoms with van der Waals surface area (Å²) in [6.07, 6.45) is 5.69. The minimum Gasteiger partial charge on any atom is -0.385 e. The van der Waals surface area contributed by atoms with Crippen molar-refractivity contribution in [1.29, 1.82) is 0 Å². The Morgan fingerprint density at radius 3 is 2.80 bits per heavy atom. The molecule has 25 heavy (non-hydrogen) atoms. The van der Waals surface area contributed by atoms with E-state index in [1.165, 1.54) is 0 Å². The molecule has 0 atom stereocenters. The van der Waals surface area contributed by atoms with Crippen LogP contribution in [0.5, 0.6) is 0 Å². The van der Waals surface area contributed by atoms with E-state index in [1.807, 2.05) is 23.1 Å².